The molecule has 0 heterocycles. The van der Waals surface area contributed by atoms with Gasteiger partial charge in [0.1, 0.15) is 0 Å². The Bertz CT molecular complexity index is 1010. The second-order valence-electron chi connectivity index (χ2n) is 6.51. The van der Waals surface area contributed by atoms with Crippen LogP contribution in [0.5, 0.6) is 11.5 Å². The van der Waals surface area contributed by atoms with E-state index in [1.807, 2.05) is 6.92 Å². The minimum atomic E-state index is -3.83. The highest BCUT2D eigenvalue weighted by Gasteiger charge is 2.20. The van der Waals surface area contributed by atoms with Gasteiger partial charge in [-0.3, -0.25) is 4.79 Å². The van der Waals surface area contributed by atoms with Crippen molar-refractivity contribution in [3.05, 3.63) is 52.6 Å². The molecule has 0 fully saturated rings. The SMILES string of the molecule is CCOc1cc(/C=N\NC(=O)CNS(=O)(=O)c2c(C)cc(C)cc2C)ccc1O. The summed E-state index contributed by atoms with van der Waals surface area (Å²) in [6, 6.07) is 8.17. The number of sulfonamides is 1. The first-order valence-electron chi connectivity index (χ1n) is 8.99. The van der Waals surface area contributed by atoms with E-state index in [4.69, 9.17) is 4.74 Å². The molecule has 2 aromatic rings. The Morgan fingerprint density at radius 3 is 2.45 bits per heavy atom. The highest BCUT2D eigenvalue weighted by Crippen LogP contribution is 2.26. The lowest BCUT2D eigenvalue weighted by atomic mass is 10.1. The van der Waals surface area contributed by atoms with Gasteiger partial charge in [-0.15, -0.1) is 0 Å². The van der Waals surface area contributed by atoms with Crippen LogP contribution in [0.25, 0.3) is 0 Å². The maximum Gasteiger partial charge on any atom is 0.255 e. The number of ether oxygens (including phenoxy) is 1. The molecular weight excluding hydrogens is 394 g/mol. The quantitative estimate of drug-likeness (QED) is 0.448. The Balaban J connectivity index is 1.98. The molecule has 0 saturated heterocycles. The van der Waals surface area contributed by atoms with E-state index >= 15 is 0 Å². The number of aryl methyl sites for hydroxylation is 3. The topological polar surface area (TPSA) is 117 Å². The van der Waals surface area contributed by atoms with Gasteiger partial charge in [0.25, 0.3) is 5.91 Å². The Morgan fingerprint density at radius 1 is 1.17 bits per heavy atom. The minimum absolute atomic E-state index is 0.00383. The number of rotatable bonds is 8. The molecule has 0 radical (unpaired) electrons. The number of hydrazone groups is 1. The molecule has 0 aromatic heterocycles. The summed E-state index contributed by atoms with van der Waals surface area (Å²) in [5.74, 6) is -0.306. The fourth-order valence-electron chi connectivity index (χ4n) is 2.92. The number of benzene rings is 2. The zero-order valence-electron chi connectivity index (χ0n) is 16.8. The van der Waals surface area contributed by atoms with Gasteiger partial charge in [-0.05, 0) is 62.6 Å². The van der Waals surface area contributed by atoms with Gasteiger partial charge in [0, 0.05) is 0 Å². The van der Waals surface area contributed by atoms with Gasteiger partial charge in [-0.2, -0.15) is 5.10 Å². The van der Waals surface area contributed by atoms with Crippen molar-refractivity contribution < 1.29 is 23.1 Å². The molecule has 9 heteroatoms. The number of phenols is 1. The Hall–Kier alpha value is -2.91. The number of carbonyl (C=O) groups is 1. The highest BCUT2D eigenvalue weighted by atomic mass is 32.2. The lowest BCUT2D eigenvalue weighted by Gasteiger charge is -2.12. The van der Waals surface area contributed by atoms with E-state index in [1.54, 1.807) is 45.0 Å². The second-order valence-corrected chi connectivity index (χ2v) is 8.21. The maximum atomic E-state index is 12.5. The van der Waals surface area contributed by atoms with Crippen molar-refractivity contribution in [1.82, 2.24) is 10.1 Å². The fraction of sp³-hybridized carbons (Fsp3) is 0.300. The predicted molar refractivity (Wildman–Crippen MR) is 111 cm³/mol. The van der Waals surface area contributed by atoms with Crippen molar-refractivity contribution in [1.29, 1.82) is 0 Å². The summed E-state index contributed by atoms with van der Waals surface area (Å²) >= 11 is 0. The third-order valence-electron chi connectivity index (χ3n) is 3.98. The van der Waals surface area contributed by atoms with Crippen molar-refractivity contribution in [3.63, 3.8) is 0 Å². The average molecular weight is 420 g/mol. The average Bonchev–Trinajstić information content (AvgIpc) is 2.62. The molecule has 8 nitrogen and oxygen atoms in total. The molecule has 0 spiro atoms. The molecule has 0 aliphatic carbocycles. The summed E-state index contributed by atoms with van der Waals surface area (Å²) in [6.07, 6.45) is 1.36. The van der Waals surface area contributed by atoms with Crippen LogP contribution in [0.1, 0.15) is 29.2 Å². The van der Waals surface area contributed by atoms with E-state index < -0.39 is 22.5 Å². The van der Waals surface area contributed by atoms with E-state index in [1.165, 1.54) is 12.3 Å². The number of amides is 1. The minimum Gasteiger partial charge on any atom is -0.504 e. The molecule has 156 valence electrons. The smallest absolute Gasteiger partial charge is 0.255 e. The molecule has 29 heavy (non-hydrogen) atoms. The van der Waals surface area contributed by atoms with Gasteiger partial charge in [-0.25, -0.2) is 18.6 Å². The summed E-state index contributed by atoms with van der Waals surface area (Å²) in [5.41, 5.74) is 5.05. The van der Waals surface area contributed by atoms with Crippen molar-refractivity contribution in [3.8, 4) is 11.5 Å². The van der Waals surface area contributed by atoms with E-state index in [9.17, 15) is 18.3 Å². The van der Waals surface area contributed by atoms with Crippen LogP contribution >= 0.6 is 0 Å². The van der Waals surface area contributed by atoms with Crippen molar-refractivity contribution >= 4 is 22.1 Å². The van der Waals surface area contributed by atoms with E-state index in [0.29, 0.717) is 29.0 Å². The zero-order chi connectivity index (χ0) is 21.6. The largest absolute Gasteiger partial charge is 0.504 e. The van der Waals surface area contributed by atoms with Gasteiger partial charge in [0.2, 0.25) is 10.0 Å². The number of nitrogens with one attached hydrogen (secondary N) is 2. The van der Waals surface area contributed by atoms with Crippen LogP contribution in [0.4, 0.5) is 0 Å². The number of hydrogen-bond acceptors (Lipinski definition) is 6. The predicted octanol–water partition coefficient (Wildman–Crippen LogP) is 2.14. The van der Waals surface area contributed by atoms with Crippen LogP contribution in [-0.2, 0) is 14.8 Å². The van der Waals surface area contributed by atoms with Gasteiger partial charge in [0.05, 0.1) is 24.3 Å². The third kappa shape index (κ3) is 6.03. The number of phenolic OH excluding ortho intramolecular Hbond substituents is 1. The summed E-state index contributed by atoms with van der Waals surface area (Å²) < 4.78 is 32.7. The Labute approximate surface area is 170 Å². The summed E-state index contributed by atoms with van der Waals surface area (Å²) in [4.78, 5) is 12.1. The molecule has 0 unspecified atom stereocenters. The van der Waals surface area contributed by atoms with Crippen LogP contribution in [0.15, 0.2) is 40.3 Å². The van der Waals surface area contributed by atoms with E-state index in [-0.39, 0.29) is 10.6 Å². The standard InChI is InChI=1S/C20H25N3O5S/c1-5-28-18-10-16(6-7-17(18)24)11-21-23-19(25)12-22-29(26,27)20-14(3)8-13(2)9-15(20)4/h6-11,22,24H,5,12H2,1-4H3,(H,23,25)/b21-11-. The Morgan fingerprint density at radius 2 is 1.83 bits per heavy atom. The first-order valence-corrected chi connectivity index (χ1v) is 10.5. The highest BCUT2D eigenvalue weighted by molar-refractivity contribution is 7.89. The van der Waals surface area contributed by atoms with E-state index in [0.717, 1.165) is 5.56 Å². The molecule has 0 saturated carbocycles. The van der Waals surface area contributed by atoms with Crippen LogP contribution in [0, 0.1) is 20.8 Å². The maximum absolute atomic E-state index is 12.5. The zero-order valence-corrected chi connectivity index (χ0v) is 17.6. The molecule has 0 aliphatic rings. The van der Waals surface area contributed by atoms with Crippen molar-refractivity contribution in [2.24, 2.45) is 5.10 Å². The number of hydrogen-bond donors (Lipinski definition) is 3. The van der Waals surface area contributed by atoms with Crippen LogP contribution in [0.3, 0.4) is 0 Å². The lowest BCUT2D eigenvalue weighted by molar-refractivity contribution is -0.119. The van der Waals surface area contributed by atoms with Crippen molar-refractivity contribution in [2.45, 2.75) is 32.6 Å². The summed E-state index contributed by atoms with van der Waals surface area (Å²) in [5, 5.41) is 13.5. The number of aromatic hydroxyl groups is 1. The first-order chi connectivity index (χ1) is 13.6. The monoisotopic (exact) mass is 419 g/mol. The van der Waals surface area contributed by atoms with Crippen LogP contribution < -0.4 is 14.9 Å². The van der Waals surface area contributed by atoms with E-state index in [2.05, 4.69) is 15.2 Å². The second kappa shape index (κ2) is 9.53. The third-order valence-corrected chi connectivity index (χ3v) is 5.69. The van der Waals surface area contributed by atoms with Gasteiger partial charge < -0.3 is 9.84 Å². The molecule has 1 amide bonds. The molecular formula is C20H25N3O5S. The van der Waals surface area contributed by atoms with Gasteiger partial charge in [0.15, 0.2) is 11.5 Å². The normalized spacial score (nSPS) is 11.6. The van der Waals surface area contributed by atoms with Crippen LogP contribution in [-0.4, -0.2) is 38.8 Å². The summed E-state index contributed by atoms with van der Waals surface area (Å²) in [7, 11) is -3.83. The molecule has 3 N–H and O–H groups in total. The van der Waals surface area contributed by atoms with Crippen LogP contribution in [0.2, 0.25) is 0 Å². The molecule has 2 rings (SSSR count). The molecule has 2 aromatic carbocycles. The molecule has 0 atom stereocenters. The molecule has 0 aliphatic heterocycles. The summed E-state index contributed by atoms with van der Waals surface area (Å²) in [6.45, 7) is 7.05. The number of nitrogens with zero attached hydrogens (tertiary/aromatic N) is 1. The lowest BCUT2D eigenvalue weighted by Crippen LogP contribution is -2.35. The van der Waals surface area contributed by atoms with Gasteiger partial charge in [-0.1, -0.05) is 17.7 Å². The molecule has 0 bridgehead atoms. The fourth-order valence-corrected chi connectivity index (χ4v) is 4.35. The number of carbonyl (C=O) groups excluding carboxylic acids is 1. The van der Waals surface area contributed by atoms with Crippen molar-refractivity contribution in [2.75, 3.05) is 13.2 Å². The Kier molecular flexibility index (Phi) is 7.35. The first kappa shape index (κ1) is 22.4. The van der Waals surface area contributed by atoms with Gasteiger partial charge >= 0.3 is 0 Å².